The Labute approximate surface area is 137 Å². The molecule has 1 aliphatic heterocycles. The predicted octanol–water partition coefficient (Wildman–Crippen LogP) is 3.67. The van der Waals surface area contributed by atoms with Gasteiger partial charge in [-0.1, -0.05) is 13.0 Å². The molecule has 0 aromatic heterocycles. The van der Waals surface area contributed by atoms with E-state index in [1.807, 2.05) is 6.07 Å². The van der Waals surface area contributed by atoms with Crippen LogP contribution in [0.25, 0.3) is 0 Å². The van der Waals surface area contributed by atoms with Crippen molar-refractivity contribution in [3.05, 3.63) is 28.2 Å². The van der Waals surface area contributed by atoms with Crippen LogP contribution in [-0.4, -0.2) is 38.2 Å². The standard InChI is InChI=1S/C17H27BrN2O/c1-3-10-20(12-14-6-8-19-9-7-14)13-15-4-5-17(21-2)16(18)11-15/h4-5,11,14,19H,3,6-10,12-13H2,1-2H3. The summed E-state index contributed by atoms with van der Waals surface area (Å²) >= 11 is 3.58. The lowest BCUT2D eigenvalue weighted by atomic mass is 9.97. The summed E-state index contributed by atoms with van der Waals surface area (Å²) < 4.78 is 6.35. The van der Waals surface area contributed by atoms with E-state index < -0.39 is 0 Å². The van der Waals surface area contributed by atoms with Crippen molar-refractivity contribution < 1.29 is 4.74 Å². The summed E-state index contributed by atoms with van der Waals surface area (Å²) in [7, 11) is 1.71. The van der Waals surface area contributed by atoms with Gasteiger partial charge in [0, 0.05) is 13.1 Å². The second-order valence-corrected chi connectivity index (χ2v) is 6.75. The first-order chi connectivity index (χ1) is 10.2. The van der Waals surface area contributed by atoms with Gasteiger partial charge in [0.25, 0.3) is 0 Å². The first kappa shape index (κ1) is 16.8. The molecule has 1 heterocycles. The highest BCUT2D eigenvalue weighted by Crippen LogP contribution is 2.26. The van der Waals surface area contributed by atoms with Crippen molar-refractivity contribution in [1.82, 2.24) is 10.2 Å². The van der Waals surface area contributed by atoms with Crippen LogP contribution in [0.1, 0.15) is 31.7 Å². The average molecular weight is 355 g/mol. The van der Waals surface area contributed by atoms with E-state index in [4.69, 9.17) is 4.74 Å². The molecule has 4 heteroatoms. The molecule has 0 bridgehead atoms. The van der Waals surface area contributed by atoms with Gasteiger partial charge in [-0.25, -0.2) is 0 Å². The maximum absolute atomic E-state index is 5.31. The van der Waals surface area contributed by atoms with Crippen molar-refractivity contribution in [2.75, 3.05) is 33.3 Å². The largest absolute Gasteiger partial charge is 0.496 e. The summed E-state index contributed by atoms with van der Waals surface area (Å²) in [6.45, 7) is 8.05. The van der Waals surface area contributed by atoms with E-state index in [9.17, 15) is 0 Å². The monoisotopic (exact) mass is 354 g/mol. The van der Waals surface area contributed by atoms with Crippen LogP contribution in [0.2, 0.25) is 0 Å². The molecular formula is C17H27BrN2O. The minimum absolute atomic E-state index is 0.847. The van der Waals surface area contributed by atoms with Crippen LogP contribution < -0.4 is 10.1 Å². The molecule has 21 heavy (non-hydrogen) atoms. The highest BCUT2D eigenvalue weighted by molar-refractivity contribution is 9.10. The van der Waals surface area contributed by atoms with Crippen molar-refractivity contribution in [3.8, 4) is 5.75 Å². The molecule has 1 saturated heterocycles. The summed E-state index contributed by atoms with van der Waals surface area (Å²) in [4.78, 5) is 2.60. The molecule has 1 aromatic carbocycles. The van der Waals surface area contributed by atoms with Gasteiger partial charge in [0.1, 0.15) is 5.75 Å². The molecule has 1 N–H and O–H groups in total. The van der Waals surface area contributed by atoms with Gasteiger partial charge in [0.2, 0.25) is 0 Å². The zero-order valence-corrected chi connectivity index (χ0v) is 14.8. The number of halogens is 1. The molecule has 3 nitrogen and oxygen atoms in total. The number of rotatable bonds is 7. The van der Waals surface area contributed by atoms with Crippen LogP contribution in [0.4, 0.5) is 0 Å². The van der Waals surface area contributed by atoms with E-state index in [-0.39, 0.29) is 0 Å². The Morgan fingerprint density at radius 2 is 2.10 bits per heavy atom. The normalized spacial score (nSPS) is 16.4. The maximum Gasteiger partial charge on any atom is 0.133 e. The predicted molar refractivity (Wildman–Crippen MR) is 91.9 cm³/mol. The average Bonchev–Trinajstić information content (AvgIpc) is 2.49. The molecule has 0 unspecified atom stereocenters. The number of hydrogen-bond donors (Lipinski definition) is 1. The summed E-state index contributed by atoms with van der Waals surface area (Å²) in [6, 6.07) is 6.41. The highest BCUT2D eigenvalue weighted by Gasteiger charge is 2.17. The van der Waals surface area contributed by atoms with Crippen LogP contribution in [0, 0.1) is 5.92 Å². The Hall–Kier alpha value is -0.580. The van der Waals surface area contributed by atoms with Crippen molar-refractivity contribution in [2.24, 2.45) is 5.92 Å². The van der Waals surface area contributed by atoms with E-state index in [0.717, 1.165) is 22.7 Å². The Morgan fingerprint density at radius 1 is 1.33 bits per heavy atom. The Kier molecular flexibility index (Phi) is 7.00. The fourth-order valence-corrected chi connectivity index (χ4v) is 3.64. The van der Waals surface area contributed by atoms with E-state index >= 15 is 0 Å². The number of methoxy groups -OCH3 is 1. The van der Waals surface area contributed by atoms with Crippen LogP contribution in [0.5, 0.6) is 5.75 Å². The summed E-state index contributed by atoms with van der Waals surface area (Å²) in [6.07, 6.45) is 3.83. The van der Waals surface area contributed by atoms with Crippen molar-refractivity contribution in [2.45, 2.75) is 32.7 Å². The summed E-state index contributed by atoms with van der Waals surface area (Å²) in [5.41, 5.74) is 1.35. The topological polar surface area (TPSA) is 24.5 Å². The Morgan fingerprint density at radius 3 is 2.71 bits per heavy atom. The fourth-order valence-electron chi connectivity index (χ4n) is 3.05. The molecule has 1 fully saturated rings. The number of nitrogens with one attached hydrogen (secondary N) is 1. The van der Waals surface area contributed by atoms with Gasteiger partial charge in [-0.15, -0.1) is 0 Å². The highest BCUT2D eigenvalue weighted by atomic mass is 79.9. The van der Waals surface area contributed by atoms with Gasteiger partial charge < -0.3 is 10.1 Å². The molecule has 0 aliphatic carbocycles. The minimum atomic E-state index is 0.847. The number of piperidine rings is 1. The molecule has 0 radical (unpaired) electrons. The number of hydrogen-bond acceptors (Lipinski definition) is 3. The molecule has 118 valence electrons. The van der Waals surface area contributed by atoms with Crippen LogP contribution in [0.15, 0.2) is 22.7 Å². The lowest BCUT2D eigenvalue weighted by Gasteiger charge is -2.30. The third kappa shape index (κ3) is 5.28. The van der Waals surface area contributed by atoms with Gasteiger partial charge in [-0.3, -0.25) is 4.90 Å². The van der Waals surface area contributed by atoms with Crippen LogP contribution >= 0.6 is 15.9 Å². The molecule has 0 saturated carbocycles. The zero-order valence-electron chi connectivity index (χ0n) is 13.2. The van der Waals surface area contributed by atoms with E-state index in [0.29, 0.717) is 0 Å². The van der Waals surface area contributed by atoms with E-state index in [1.54, 1.807) is 7.11 Å². The smallest absolute Gasteiger partial charge is 0.133 e. The van der Waals surface area contributed by atoms with Crippen molar-refractivity contribution in [3.63, 3.8) is 0 Å². The Balaban J connectivity index is 1.96. The number of ether oxygens (including phenoxy) is 1. The summed E-state index contributed by atoms with van der Waals surface area (Å²) in [5.74, 6) is 1.75. The third-order valence-corrected chi connectivity index (χ3v) is 4.76. The second kappa shape index (κ2) is 8.76. The van der Waals surface area contributed by atoms with Gasteiger partial charge >= 0.3 is 0 Å². The second-order valence-electron chi connectivity index (χ2n) is 5.90. The maximum atomic E-state index is 5.31. The number of benzene rings is 1. The van der Waals surface area contributed by atoms with Gasteiger partial charge in [0.15, 0.2) is 0 Å². The first-order valence-corrected chi connectivity index (χ1v) is 8.77. The van der Waals surface area contributed by atoms with Gasteiger partial charge in [-0.2, -0.15) is 0 Å². The minimum Gasteiger partial charge on any atom is -0.496 e. The first-order valence-electron chi connectivity index (χ1n) is 7.98. The summed E-state index contributed by atoms with van der Waals surface area (Å²) in [5, 5.41) is 3.45. The molecule has 0 amide bonds. The molecule has 2 rings (SSSR count). The van der Waals surface area contributed by atoms with Gasteiger partial charge in [-0.05, 0) is 78.4 Å². The van der Waals surface area contributed by atoms with E-state index in [2.05, 4.69) is 45.2 Å². The number of nitrogens with zero attached hydrogens (tertiary/aromatic N) is 1. The molecule has 1 aromatic rings. The molecule has 0 atom stereocenters. The SMILES string of the molecule is CCCN(Cc1ccc(OC)c(Br)c1)CC1CCNCC1. The molecular weight excluding hydrogens is 328 g/mol. The fraction of sp³-hybridized carbons (Fsp3) is 0.647. The van der Waals surface area contributed by atoms with Crippen LogP contribution in [0.3, 0.4) is 0 Å². The lowest BCUT2D eigenvalue weighted by Crippen LogP contribution is -2.36. The molecule has 0 spiro atoms. The van der Waals surface area contributed by atoms with Gasteiger partial charge in [0.05, 0.1) is 11.6 Å². The van der Waals surface area contributed by atoms with Crippen molar-refractivity contribution in [1.29, 1.82) is 0 Å². The van der Waals surface area contributed by atoms with Crippen molar-refractivity contribution >= 4 is 15.9 Å². The third-order valence-electron chi connectivity index (χ3n) is 4.14. The molecule has 1 aliphatic rings. The zero-order chi connectivity index (χ0) is 15.1. The quantitative estimate of drug-likeness (QED) is 0.808. The van der Waals surface area contributed by atoms with Crippen LogP contribution in [-0.2, 0) is 6.54 Å². The Bertz CT molecular complexity index is 433. The van der Waals surface area contributed by atoms with E-state index in [1.165, 1.54) is 51.0 Å². The lowest BCUT2D eigenvalue weighted by molar-refractivity contribution is 0.199.